The molecular formula is C16H20N2O4. The van der Waals surface area contributed by atoms with E-state index in [1.165, 1.54) is 0 Å². The maximum Gasteiger partial charge on any atom is 0.338 e. The zero-order chi connectivity index (χ0) is 15.9. The molecule has 0 radical (unpaired) electrons. The van der Waals surface area contributed by atoms with Crippen LogP contribution in [-0.2, 0) is 14.3 Å². The summed E-state index contributed by atoms with van der Waals surface area (Å²) in [5, 5.41) is 2.71. The van der Waals surface area contributed by atoms with Crippen LogP contribution in [0.3, 0.4) is 0 Å². The second-order valence-electron chi connectivity index (χ2n) is 5.12. The fourth-order valence-electron chi connectivity index (χ4n) is 2.34. The van der Waals surface area contributed by atoms with Crippen molar-refractivity contribution in [3.05, 3.63) is 29.8 Å². The van der Waals surface area contributed by atoms with Crippen LogP contribution in [0.25, 0.3) is 0 Å². The summed E-state index contributed by atoms with van der Waals surface area (Å²) in [6, 6.07) is 6.56. The Hall–Kier alpha value is -2.37. The standard InChI is InChI=1S/C16H20N2O4/c1-2-22-16(21)12-6-5-7-13(10-12)17-14(19)11-18-9-4-3-8-15(18)20/h5-7,10H,2-4,8-9,11H2,1H3,(H,17,19). The van der Waals surface area contributed by atoms with E-state index >= 15 is 0 Å². The second kappa shape index (κ2) is 7.59. The number of esters is 1. The average Bonchev–Trinajstić information content (AvgIpc) is 2.50. The molecule has 0 saturated carbocycles. The topological polar surface area (TPSA) is 75.7 Å². The summed E-state index contributed by atoms with van der Waals surface area (Å²) in [4.78, 5) is 36.9. The van der Waals surface area contributed by atoms with Crippen LogP contribution in [0, 0.1) is 0 Å². The molecule has 1 fully saturated rings. The molecule has 22 heavy (non-hydrogen) atoms. The summed E-state index contributed by atoms with van der Waals surface area (Å²) >= 11 is 0. The first kappa shape index (κ1) is 16.0. The average molecular weight is 304 g/mol. The molecule has 1 heterocycles. The van der Waals surface area contributed by atoms with Crippen LogP contribution in [0.2, 0.25) is 0 Å². The van der Waals surface area contributed by atoms with Crippen molar-refractivity contribution in [1.82, 2.24) is 4.90 Å². The molecule has 0 spiro atoms. The Bertz CT molecular complexity index is 571. The Morgan fingerprint density at radius 1 is 1.32 bits per heavy atom. The van der Waals surface area contributed by atoms with E-state index in [-0.39, 0.29) is 18.4 Å². The van der Waals surface area contributed by atoms with Crippen molar-refractivity contribution in [2.75, 3.05) is 25.0 Å². The molecule has 6 nitrogen and oxygen atoms in total. The highest BCUT2D eigenvalue weighted by Gasteiger charge is 2.20. The zero-order valence-corrected chi connectivity index (χ0v) is 12.6. The lowest BCUT2D eigenvalue weighted by molar-refractivity contribution is -0.136. The van der Waals surface area contributed by atoms with Gasteiger partial charge in [-0.1, -0.05) is 6.07 Å². The second-order valence-corrected chi connectivity index (χ2v) is 5.12. The highest BCUT2D eigenvalue weighted by molar-refractivity contribution is 5.96. The van der Waals surface area contributed by atoms with Gasteiger partial charge in [0.1, 0.15) is 0 Å². The number of amides is 2. The highest BCUT2D eigenvalue weighted by atomic mass is 16.5. The number of piperidine rings is 1. The predicted molar refractivity (Wildman–Crippen MR) is 81.5 cm³/mol. The molecular weight excluding hydrogens is 284 g/mol. The minimum atomic E-state index is -0.426. The number of hydrogen-bond donors (Lipinski definition) is 1. The molecule has 0 aromatic heterocycles. The number of rotatable bonds is 5. The SMILES string of the molecule is CCOC(=O)c1cccc(NC(=O)CN2CCCCC2=O)c1. The number of benzene rings is 1. The number of hydrogen-bond acceptors (Lipinski definition) is 4. The van der Waals surface area contributed by atoms with E-state index < -0.39 is 5.97 Å². The van der Waals surface area contributed by atoms with Gasteiger partial charge in [-0.25, -0.2) is 4.79 Å². The van der Waals surface area contributed by atoms with Crippen molar-refractivity contribution in [3.8, 4) is 0 Å². The van der Waals surface area contributed by atoms with Crippen molar-refractivity contribution in [2.45, 2.75) is 26.2 Å². The molecule has 1 aromatic carbocycles. The molecule has 2 rings (SSSR count). The van der Waals surface area contributed by atoms with Gasteiger partial charge >= 0.3 is 5.97 Å². The largest absolute Gasteiger partial charge is 0.462 e. The number of nitrogens with zero attached hydrogens (tertiary/aromatic N) is 1. The summed E-state index contributed by atoms with van der Waals surface area (Å²) in [6.45, 7) is 2.70. The van der Waals surface area contributed by atoms with Gasteiger partial charge in [0, 0.05) is 18.7 Å². The van der Waals surface area contributed by atoms with Gasteiger partial charge in [-0.05, 0) is 38.0 Å². The first-order chi connectivity index (χ1) is 10.6. The van der Waals surface area contributed by atoms with E-state index in [2.05, 4.69) is 5.32 Å². The molecule has 1 saturated heterocycles. The number of carbonyl (C=O) groups is 3. The van der Waals surface area contributed by atoms with E-state index in [0.717, 1.165) is 12.8 Å². The number of anilines is 1. The first-order valence-electron chi connectivity index (χ1n) is 7.45. The van der Waals surface area contributed by atoms with Crippen LogP contribution in [0.5, 0.6) is 0 Å². The molecule has 2 amide bonds. The molecule has 1 N–H and O–H groups in total. The Labute approximate surface area is 129 Å². The summed E-state index contributed by atoms with van der Waals surface area (Å²) in [7, 11) is 0. The van der Waals surface area contributed by atoms with Crippen molar-refractivity contribution in [1.29, 1.82) is 0 Å². The fourth-order valence-corrected chi connectivity index (χ4v) is 2.34. The maximum atomic E-state index is 12.0. The van der Waals surface area contributed by atoms with Gasteiger partial charge in [0.25, 0.3) is 0 Å². The zero-order valence-electron chi connectivity index (χ0n) is 12.6. The van der Waals surface area contributed by atoms with Gasteiger partial charge in [-0.2, -0.15) is 0 Å². The molecule has 0 aliphatic carbocycles. The number of carbonyl (C=O) groups excluding carboxylic acids is 3. The highest BCUT2D eigenvalue weighted by Crippen LogP contribution is 2.13. The van der Waals surface area contributed by atoms with Crippen LogP contribution >= 0.6 is 0 Å². The minimum Gasteiger partial charge on any atom is -0.462 e. The van der Waals surface area contributed by atoms with Crippen LogP contribution in [0.15, 0.2) is 24.3 Å². The monoisotopic (exact) mass is 304 g/mol. The van der Waals surface area contributed by atoms with Crippen molar-refractivity contribution in [2.24, 2.45) is 0 Å². The third-order valence-corrected chi connectivity index (χ3v) is 3.41. The van der Waals surface area contributed by atoms with Gasteiger partial charge in [-0.3, -0.25) is 9.59 Å². The summed E-state index contributed by atoms with van der Waals surface area (Å²) in [6.07, 6.45) is 2.32. The van der Waals surface area contributed by atoms with E-state index in [0.29, 0.717) is 30.8 Å². The molecule has 1 aliphatic heterocycles. The minimum absolute atomic E-state index is 0.0154. The lowest BCUT2D eigenvalue weighted by Crippen LogP contribution is -2.40. The van der Waals surface area contributed by atoms with E-state index in [9.17, 15) is 14.4 Å². The Balaban J connectivity index is 1.95. The smallest absolute Gasteiger partial charge is 0.338 e. The lowest BCUT2D eigenvalue weighted by Gasteiger charge is -2.25. The number of ether oxygens (including phenoxy) is 1. The normalized spacial score (nSPS) is 14.6. The lowest BCUT2D eigenvalue weighted by atomic mass is 10.1. The van der Waals surface area contributed by atoms with Crippen LogP contribution in [-0.4, -0.2) is 42.4 Å². The molecule has 1 aromatic rings. The third-order valence-electron chi connectivity index (χ3n) is 3.41. The predicted octanol–water partition coefficient (Wildman–Crippen LogP) is 1.81. The Morgan fingerprint density at radius 3 is 2.86 bits per heavy atom. The summed E-state index contributed by atoms with van der Waals surface area (Å²) in [5.74, 6) is -0.678. The Kier molecular flexibility index (Phi) is 5.52. The first-order valence-corrected chi connectivity index (χ1v) is 7.45. The molecule has 6 heteroatoms. The summed E-state index contributed by atoms with van der Waals surface area (Å²) in [5.41, 5.74) is 0.897. The number of nitrogens with one attached hydrogen (secondary N) is 1. The third kappa shape index (κ3) is 4.31. The van der Waals surface area contributed by atoms with E-state index in [1.54, 1.807) is 36.1 Å². The van der Waals surface area contributed by atoms with E-state index in [4.69, 9.17) is 4.74 Å². The van der Waals surface area contributed by atoms with Gasteiger partial charge in [0.15, 0.2) is 0 Å². The van der Waals surface area contributed by atoms with Crippen molar-refractivity contribution in [3.63, 3.8) is 0 Å². The van der Waals surface area contributed by atoms with Crippen LogP contribution in [0.4, 0.5) is 5.69 Å². The molecule has 118 valence electrons. The molecule has 0 unspecified atom stereocenters. The quantitative estimate of drug-likeness (QED) is 0.842. The summed E-state index contributed by atoms with van der Waals surface area (Å²) < 4.78 is 4.92. The van der Waals surface area contributed by atoms with Gasteiger partial charge < -0.3 is 15.0 Å². The van der Waals surface area contributed by atoms with Crippen molar-refractivity contribution >= 4 is 23.5 Å². The van der Waals surface area contributed by atoms with Crippen LogP contribution < -0.4 is 5.32 Å². The molecule has 1 aliphatic rings. The molecule has 0 atom stereocenters. The molecule has 0 bridgehead atoms. The van der Waals surface area contributed by atoms with Gasteiger partial charge in [0.2, 0.25) is 11.8 Å². The Morgan fingerprint density at radius 2 is 2.14 bits per heavy atom. The van der Waals surface area contributed by atoms with Gasteiger partial charge in [0.05, 0.1) is 18.7 Å². The van der Waals surface area contributed by atoms with Gasteiger partial charge in [-0.15, -0.1) is 0 Å². The van der Waals surface area contributed by atoms with E-state index in [1.807, 2.05) is 0 Å². The maximum absolute atomic E-state index is 12.0. The fraction of sp³-hybridized carbons (Fsp3) is 0.438. The number of likely N-dealkylation sites (tertiary alicyclic amines) is 1. The van der Waals surface area contributed by atoms with Crippen molar-refractivity contribution < 1.29 is 19.1 Å². The van der Waals surface area contributed by atoms with Crippen LogP contribution in [0.1, 0.15) is 36.5 Å².